The summed E-state index contributed by atoms with van der Waals surface area (Å²) in [6, 6.07) is 13.8. The molecule has 0 radical (unpaired) electrons. The number of halogens is 2. The fourth-order valence-corrected chi connectivity index (χ4v) is 2.26. The van der Waals surface area contributed by atoms with E-state index in [1.54, 1.807) is 42.5 Å². The lowest BCUT2D eigenvalue weighted by Crippen LogP contribution is -2.10. The summed E-state index contributed by atoms with van der Waals surface area (Å²) >= 11 is 11.8. The molecule has 0 spiro atoms. The summed E-state index contributed by atoms with van der Waals surface area (Å²) in [7, 11) is 0. The molecule has 1 heterocycles. The van der Waals surface area contributed by atoms with Gasteiger partial charge in [0.2, 0.25) is 5.78 Å². The van der Waals surface area contributed by atoms with Crippen molar-refractivity contribution < 1.29 is 13.9 Å². The molecule has 2 aromatic carbocycles. The van der Waals surface area contributed by atoms with Gasteiger partial charge in [0.05, 0.1) is 5.02 Å². The third-order valence-corrected chi connectivity index (χ3v) is 3.50. The summed E-state index contributed by atoms with van der Waals surface area (Å²) < 4.78 is 10.9. The molecule has 0 aliphatic heterocycles. The second-order valence-electron chi connectivity index (χ2n) is 4.43. The van der Waals surface area contributed by atoms with E-state index >= 15 is 0 Å². The Morgan fingerprint density at radius 3 is 2.57 bits per heavy atom. The monoisotopic (exact) mass is 320 g/mol. The lowest BCUT2D eigenvalue weighted by atomic mass is 10.2. The largest absolute Gasteiger partial charge is 0.485 e. The predicted molar refractivity (Wildman–Crippen MR) is 82.5 cm³/mol. The molecular weight excluding hydrogens is 311 g/mol. The molecule has 1 aromatic heterocycles. The highest BCUT2D eigenvalue weighted by molar-refractivity contribution is 6.34. The van der Waals surface area contributed by atoms with Crippen LogP contribution in [0.1, 0.15) is 10.6 Å². The second kappa shape index (κ2) is 5.80. The van der Waals surface area contributed by atoms with Gasteiger partial charge in [-0.1, -0.05) is 35.3 Å². The van der Waals surface area contributed by atoms with Gasteiger partial charge in [-0.25, -0.2) is 0 Å². The zero-order valence-corrected chi connectivity index (χ0v) is 12.3. The highest BCUT2D eigenvalue weighted by Gasteiger charge is 2.14. The van der Waals surface area contributed by atoms with E-state index in [9.17, 15) is 4.79 Å². The molecule has 0 aliphatic carbocycles. The summed E-state index contributed by atoms with van der Waals surface area (Å²) in [5.74, 6) is 0.547. The number of hydrogen-bond acceptors (Lipinski definition) is 3. The quantitative estimate of drug-likeness (QED) is 0.635. The molecule has 3 rings (SSSR count). The molecule has 3 aromatic rings. The van der Waals surface area contributed by atoms with E-state index in [0.717, 1.165) is 5.39 Å². The number of Topliss-reactive ketones (excluding diaryl/α,β-unsaturated/α-hetero) is 1. The van der Waals surface area contributed by atoms with Crippen molar-refractivity contribution in [3.63, 3.8) is 0 Å². The van der Waals surface area contributed by atoms with Gasteiger partial charge in [0.15, 0.2) is 18.0 Å². The van der Waals surface area contributed by atoms with Gasteiger partial charge in [-0.3, -0.25) is 4.79 Å². The first-order valence-corrected chi connectivity index (χ1v) is 6.99. The Balaban J connectivity index is 1.75. The highest BCUT2D eigenvalue weighted by atomic mass is 35.5. The Morgan fingerprint density at radius 2 is 1.86 bits per heavy atom. The lowest BCUT2D eigenvalue weighted by molar-refractivity contribution is 0.0896. The SMILES string of the molecule is O=C(COc1ccc(Cl)cc1)c1cc2cccc(Cl)c2o1. The van der Waals surface area contributed by atoms with Crippen LogP contribution in [0.5, 0.6) is 5.75 Å². The van der Waals surface area contributed by atoms with Crippen molar-refractivity contribution >= 4 is 40.0 Å². The summed E-state index contributed by atoms with van der Waals surface area (Å²) in [5.41, 5.74) is 0.508. The van der Waals surface area contributed by atoms with Crippen LogP contribution in [0.2, 0.25) is 10.0 Å². The lowest BCUT2D eigenvalue weighted by Gasteiger charge is -2.03. The fraction of sp³-hybridized carbons (Fsp3) is 0.0625. The molecule has 3 nitrogen and oxygen atoms in total. The number of carbonyl (C=O) groups is 1. The standard InChI is InChI=1S/C16H10Cl2O3/c17-11-4-6-12(7-5-11)20-9-14(19)15-8-10-2-1-3-13(18)16(10)21-15/h1-8H,9H2. The van der Waals surface area contributed by atoms with Gasteiger partial charge >= 0.3 is 0 Å². The van der Waals surface area contributed by atoms with E-state index in [2.05, 4.69) is 0 Å². The maximum atomic E-state index is 12.1. The summed E-state index contributed by atoms with van der Waals surface area (Å²) in [6.45, 7) is -0.112. The Morgan fingerprint density at radius 1 is 1.10 bits per heavy atom. The van der Waals surface area contributed by atoms with Crippen LogP contribution in [0.3, 0.4) is 0 Å². The zero-order valence-electron chi connectivity index (χ0n) is 10.8. The topological polar surface area (TPSA) is 39.4 Å². The number of ketones is 1. The van der Waals surface area contributed by atoms with Crippen LogP contribution < -0.4 is 4.74 Å². The van der Waals surface area contributed by atoms with Crippen molar-refractivity contribution in [3.05, 3.63) is 64.3 Å². The van der Waals surface area contributed by atoms with Gasteiger partial charge in [-0.2, -0.15) is 0 Å². The van der Waals surface area contributed by atoms with Crippen LogP contribution in [0.15, 0.2) is 52.9 Å². The number of para-hydroxylation sites is 1. The maximum Gasteiger partial charge on any atom is 0.235 e. The van der Waals surface area contributed by atoms with Crippen molar-refractivity contribution in [2.75, 3.05) is 6.61 Å². The normalized spacial score (nSPS) is 10.8. The average molecular weight is 321 g/mol. The molecule has 5 heteroatoms. The Labute approximate surface area is 131 Å². The molecule has 0 amide bonds. The van der Waals surface area contributed by atoms with Crippen LogP contribution in [-0.2, 0) is 0 Å². The van der Waals surface area contributed by atoms with Crippen molar-refractivity contribution in [2.45, 2.75) is 0 Å². The van der Waals surface area contributed by atoms with Crippen LogP contribution in [0.25, 0.3) is 11.0 Å². The highest BCUT2D eigenvalue weighted by Crippen LogP contribution is 2.27. The molecule has 0 bridgehead atoms. The van der Waals surface area contributed by atoms with Gasteiger partial charge in [0.1, 0.15) is 5.75 Å². The Kier molecular flexibility index (Phi) is 3.86. The predicted octanol–water partition coefficient (Wildman–Crippen LogP) is 5.00. The number of carbonyl (C=O) groups excluding carboxylic acids is 1. The minimum Gasteiger partial charge on any atom is -0.485 e. The van der Waals surface area contributed by atoms with E-state index in [1.165, 1.54) is 0 Å². The Bertz CT molecular complexity index is 791. The van der Waals surface area contributed by atoms with Crippen LogP contribution in [0.4, 0.5) is 0 Å². The van der Waals surface area contributed by atoms with E-state index < -0.39 is 0 Å². The van der Waals surface area contributed by atoms with E-state index in [4.69, 9.17) is 32.4 Å². The smallest absolute Gasteiger partial charge is 0.235 e. The van der Waals surface area contributed by atoms with Crippen LogP contribution in [0, 0.1) is 0 Å². The molecule has 0 saturated carbocycles. The number of furan rings is 1. The van der Waals surface area contributed by atoms with Gasteiger partial charge < -0.3 is 9.15 Å². The number of fused-ring (bicyclic) bond motifs is 1. The van der Waals surface area contributed by atoms with E-state index in [1.807, 2.05) is 6.07 Å². The molecule has 0 unspecified atom stereocenters. The number of benzene rings is 2. The van der Waals surface area contributed by atoms with Crippen molar-refractivity contribution in [3.8, 4) is 5.75 Å². The summed E-state index contributed by atoms with van der Waals surface area (Å²) in [6.07, 6.45) is 0. The Hall–Kier alpha value is -1.97. The zero-order chi connectivity index (χ0) is 14.8. The van der Waals surface area contributed by atoms with Gasteiger partial charge in [-0.05, 0) is 36.4 Å². The van der Waals surface area contributed by atoms with Gasteiger partial charge in [-0.15, -0.1) is 0 Å². The van der Waals surface area contributed by atoms with Crippen LogP contribution in [-0.4, -0.2) is 12.4 Å². The number of hydrogen-bond donors (Lipinski definition) is 0. The number of rotatable bonds is 4. The van der Waals surface area contributed by atoms with Gasteiger partial charge in [0, 0.05) is 10.4 Å². The third kappa shape index (κ3) is 3.04. The summed E-state index contributed by atoms with van der Waals surface area (Å²) in [5, 5.41) is 1.88. The second-order valence-corrected chi connectivity index (χ2v) is 5.28. The molecule has 106 valence electrons. The average Bonchev–Trinajstić information content (AvgIpc) is 2.92. The van der Waals surface area contributed by atoms with E-state index in [0.29, 0.717) is 21.4 Å². The fourth-order valence-electron chi connectivity index (χ4n) is 1.92. The van der Waals surface area contributed by atoms with Crippen molar-refractivity contribution in [1.29, 1.82) is 0 Å². The van der Waals surface area contributed by atoms with Crippen LogP contribution >= 0.6 is 23.2 Å². The minimum absolute atomic E-state index is 0.112. The molecule has 0 aliphatic rings. The number of ether oxygens (including phenoxy) is 1. The molecule has 21 heavy (non-hydrogen) atoms. The first-order chi connectivity index (χ1) is 10.1. The first-order valence-electron chi connectivity index (χ1n) is 6.23. The van der Waals surface area contributed by atoms with Crippen molar-refractivity contribution in [1.82, 2.24) is 0 Å². The molecule has 0 atom stereocenters. The molecule has 0 fully saturated rings. The molecule has 0 N–H and O–H groups in total. The van der Waals surface area contributed by atoms with E-state index in [-0.39, 0.29) is 18.2 Å². The molecular formula is C16H10Cl2O3. The third-order valence-electron chi connectivity index (χ3n) is 2.95. The molecule has 0 saturated heterocycles. The first kappa shape index (κ1) is 14.0. The van der Waals surface area contributed by atoms with Gasteiger partial charge in [0.25, 0.3) is 0 Å². The summed E-state index contributed by atoms with van der Waals surface area (Å²) in [4.78, 5) is 12.1. The van der Waals surface area contributed by atoms with Crippen molar-refractivity contribution in [2.24, 2.45) is 0 Å². The maximum absolute atomic E-state index is 12.1. The minimum atomic E-state index is -0.253.